The van der Waals surface area contributed by atoms with E-state index in [2.05, 4.69) is 41.7 Å². The number of hydrogen-bond acceptors (Lipinski definition) is 1. The Morgan fingerprint density at radius 1 is 1.05 bits per heavy atom. The molecular weight excluding hydrogens is 278 g/mol. The number of benzene rings is 2. The summed E-state index contributed by atoms with van der Waals surface area (Å²) in [5, 5.41) is 4.22. The Labute approximate surface area is 132 Å². The maximum Gasteiger partial charge on any atom is 0.0406 e. The maximum atomic E-state index is 5.95. The standard InChI is InChI=1S/C19H22ClN/c1-21-19(13-14-5-11-18(20)12-6-14)17-9-7-16(8-10-17)15-3-2-4-15/h5-12,15,19,21H,2-4,13H2,1H3. The lowest BCUT2D eigenvalue weighted by Gasteiger charge is -2.26. The van der Waals surface area contributed by atoms with Gasteiger partial charge in [0.25, 0.3) is 0 Å². The average Bonchev–Trinajstić information content (AvgIpc) is 2.46. The molecule has 0 aliphatic heterocycles. The van der Waals surface area contributed by atoms with Crippen LogP contribution in [-0.2, 0) is 6.42 Å². The zero-order chi connectivity index (χ0) is 14.7. The van der Waals surface area contributed by atoms with Crippen LogP contribution < -0.4 is 5.32 Å². The van der Waals surface area contributed by atoms with Gasteiger partial charge in [0, 0.05) is 11.1 Å². The molecule has 0 spiro atoms. The van der Waals surface area contributed by atoms with E-state index in [-0.39, 0.29) is 0 Å². The third-order valence-electron chi connectivity index (χ3n) is 4.62. The molecule has 0 radical (unpaired) electrons. The second kappa shape index (κ2) is 6.64. The van der Waals surface area contributed by atoms with Crippen molar-refractivity contribution in [2.45, 2.75) is 37.6 Å². The van der Waals surface area contributed by atoms with Gasteiger partial charge in [-0.2, -0.15) is 0 Å². The minimum atomic E-state index is 0.349. The molecule has 1 fully saturated rings. The van der Waals surface area contributed by atoms with Gasteiger partial charge < -0.3 is 5.32 Å². The molecule has 1 nitrogen and oxygen atoms in total. The molecule has 0 bridgehead atoms. The molecule has 1 N–H and O–H groups in total. The fourth-order valence-electron chi connectivity index (χ4n) is 2.98. The Bertz CT molecular complexity index is 570. The molecule has 110 valence electrons. The van der Waals surface area contributed by atoms with Crippen LogP contribution in [0.15, 0.2) is 48.5 Å². The summed E-state index contributed by atoms with van der Waals surface area (Å²) in [5.41, 5.74) is 4.17. The van der Waals surface area contributed by atoms with Gasteiger partial charge in [-0.05, 0) is 61.1 Å². The third-order valence-corrected chi connectivity index (χ3v) is 4.87. The molecule has 3 rings (SSSR count). The van der Waals surface area contributed by atoms with Gasteiger partial charge >= 0.3 is 0 Å². The summed E-state index contributed by atoms with van der Waals surface area (Å²) in [4.78, 5) is 0. The van der Waals surface area contributed by atoms with Gasteiger partial charge in [-0.1, -0.05) is 54.4 Å². The zero-order valence-corrected chi connectivity index (χ0v) is 13.2. The molecule has 0 heterocycles. The quantitative estimate of drug-likeness (QED) is 0.809. The SMILES string of the molecule is CNC(Cc1ccc(Cl)cc1)c1ccc(C2CCC2)cc1. The molecule has 2 aromatic rings. The molecule has 21 heavy (non-hydrogen) atoms. The Balaban J connectivity index is 1.71. The maximum absolute atomic E-state index is 5.95. The number of hydrogen-bond donors (Lipinski definition) is 1. The summed E-state index contributed by atoms with van der Waals surface area (Å²) in [5.74, 6) is 0.809. The number of nitrogens with one attached hydrogen (secondary N) is 1. The van der Waals surface area contributed by atoms with Crippen molar-refractivity contribution in [1.29, 1.82) is 0 Å². The minimum Gasteiger partial charge on any atom is -0.313 e. The van der Waals surface area contributed by atoms with Crippen LogP contribution >= 0.6 is 11.6 Å². The molecule has 0 saturated heterocycles. The second-order valence-corrected chi connectivity index (χ2v) is 6.40. The summed E-state index contributed by atoms with van der Waals surface area (Å²) < 4.78 is 0. The van der Waals surface area contributed by atoms with Gasteiger partial charge in [0.1, 0.15) is 0 Å². The summed E-state index contributed by atoms with van der Waals surface area (Å²) >= 11 is 5.95. The summed E-state index contributed by atoms with van der Waals surface area (Å²) in [7, 11) is 2.03. The largest absolute Gasteiger partial charge is 0.313 e. The first-order chi connectivity index (χ1) is 10.3. The highest BCUT2D eigenvalue weighted by Crippen LogP contribution is 2.36. The Morgan fingerprint density at radius 2 is 1.71 bits per heavy atom. The molecule has 0 aromatic heterocycles. The molecule has 2 heteroatoms. The highest BCUT2D eigenvalue weighted by molar-refractivity contribution is 6.30. The molecule has 1 aliphatic carbocycles. The van der Waals surface area contributed by atoms with Crippen molar-refractivity contribution >= 4 is 11.6 Å². The van der Waals surface area contributed by atoms with E-state index in [4.69, 9.17) is 11.6 Å². The normalized spacial score (nSPS) is 16.5. The van der Waals surface area contributed by atoms with E-state index in [0.29, 0.717) is 6.04 Å². The van der Waals surface area contributed by atoms with Gasteiger partial charge in [-0.15, -0.1) is 0 Å². The highest BCUT2D eigenvalue weighted by atomic mass is 35.5. The van der Waals surface area contributed by atoms with Gasteiger partial charge in [-0.3, -0.25) is 0 Å². The first-order valence-corrected chi connectivity index (χ1v) is 8.15. The molecule has 0 amide bonds. The summed E-state index contributed by atoms with van der Waals surface area (Å²) in [6, 6.07) is 17.7. The molecule has 1 unspecified atom stereocenters. The fraction of sp³-hybridized carbons (Fsp3) is 0.368. The van der Waals surface area contributed by atoms with Crippen molar-refractivity contribution in [3.63, 3.8) is 0 Å². The van der Waals surface area contributed by atoms with E-state index in [1.165, 1.54) is 36.0 Å². The van der Waals surface area contributed by atoms with Crippen LogP contribution in [0, 0.1) is 0 Å². The molecule has 1 saturated carbocycles. The van der Waals surface area contributed by atoms with E-state index in [1.807, 2.05) is 19.2 Å². The van der Waals surface area contributed by atoms with Crippen LogP contribution in [0.5, 0.6) is 0 Å². The average molecular weight is 300 g/mol. The van der Waals surface area contributed by atoms with E-state index in [0.717, 1.165) is 17.4 Å². The van der Waals surface area contributed by atoms with Crippen LogP contribution in [-0.4, -0.2) is 7.05 Å². The first kappa shape index (κ1) is 14.6. The molecular formula is C19H22ClN. The predicted molar refractivity (Wildman–Crippen MR) is 90.0 cm³/mol. The Hall–Kier alpha value is -1.31. The van der Waals surface area contributed by atoms with Crippen LogP contribution in [0.2, 0.25) is 5.02 Å². The van der Waals surface area contributed by atoms with Gasteiger partial charge in [-0.25, -0.2) is 0 Å². The van der Waals surface area contributed by atoms with Crippen molar-refractivity contribution in [3.05, 3.63) is 70.2 Å². The van der Waals surface area contributed by atoms with Crippen molar-refractivity contribution in [1.82, 2.24) is 5.32 Å². The lowest BCUT2D eigenvalue weighted by atomic mass is 9.79. The van der Waals surface area contributed by atoms with Crippen molar-refractivity contribution in [3.8, 4) is 0 Å². The van der Waals surface area contributed by atoms with Crippen LogP contribution in [0.4, 0.5) is 0 Å². The Kier molecular flexibility index (Phi) is 4.62. The molecule has 1 atom stereocenters. The number of halogens is 1. The van der Waals surface area contributed by atoms with Crippen molar-refractivity contribution in [2.24, 2.45) is 0 Å². The van der Waals surface area contributed by atoms with Gasteiger partial charge in [0.15, 0.2) is 0 Å². The molecule has 2 aromatic carbocycles. The van der Waals surface area contributed by atoms with Crippen LogP contribution in [0.1, 0.15) is 47.9 Å². The lowest BCUT2D eigenvalue weighted by Crippen LogP contribution is -2.19. The van der Waals surface area contributed by atoms with Gasteiger partial charge in [0.2, 0.25) is 0 Å². The third kappa shape index (κ3) is 3.48. The smallest absolute Gasteiger partial charge is 0.0406 e. The van der Waals surface area contributed by atoms with Crippen LogP contribution in [0.3, 0.4) is 0 Å². The Morgan fingerprint density at radius 3 is 2.24 bits per heavy atom. The van der Waals surface area contributed by atoms with E-state index in [1.54, 1.807) is 0 Å². The second-order valence-electron chi connectivity index (χ2n) is 5.97. The summed E-state index contributed by atoms with van der Waals surface area (Å²) in [6.07, 6.45) is 5.09. The lowest BCUT2D eigenvalue weighted by molar-refractivity contribution is 0.419. The minimum absolute atomic E-state index is 0.349. The molecule has 1 aliphatic rings. The first-order valence-electron chi connectivity index (χ1n) is 7.78. The number of rotatable bonds is 5. The van der Waals surface area contributed by atoms with E-state index >= 15 is 0 Å². The topological polar surface area (TPSA) is 12.0 Å². The van der Waals surface area contributed by atoms with Gasteiger partial charge in [0.05, 0.1) is 0 Å². The highest BCUT2D eigenvalue weighted by Gasteiger charge is 2.19. The monoisotopic (exact) mass is 299 g/mol. The van der Waals surface area contributed by atoms with E-state index < -0.39 is 0 Å². The van der Waals surface area contributed by atoms with Crippen LogP contribution in [0.25, 0.3) is 0 Å². The predicted octanol–water partition coefficient (Wildman–Crippen LogP) is 5.11. The zero-order valence-electron chi connectivity index (χ0n) is 12.5. The summed E-state index contributed by atoms with van der Waals surface area (Å²) in [6.45, 7) is 0. The van der Waals surface area contributed by atoms with Crippen molar-refractivity contribution < 1.29 is 0 Å². The number of likely N-dealkylation sites (N-methyl/N-ethyl adjacent to an activating group) is 1. The fourth-order valence-corrected chi connectivity index (χ4v) is 3.11. The van der Waals surface area contributed by atoms with Crippen molar-refractivity contribution in [2.75, 3.05) is 7.05 Å². The van der Waals surface area contributed by atoms with E-state index in [9.17, 15) is 0 Å².